The molecule has 122 valence electrons. The molecule has 2 aromatic rings. The van der Waals surface area contributed by atoms with Gasteiger partial charge in [-0.1, -0.05) is 36.4 Å². The summed E-state index contributed by atoms with van der Waals surface area (Å²) in [6.45, 7) is 2.65. The van der Waals surface area contributed by atoms with Gasteiger partial charge >= 0.3 is 0 Å². The summed E-state index contributed by atoms with van der Waals surface area (Å²) in [6.07, 6.45) is 1.88. The maximum Gasteiger partial charge on any atom is 0.251 e. The molecule has 2 aromatic carbocycles. The molecule has 0 unspecified atom stereocenters. The molecule has 3 rings (SSSR count). The molecule has 1 amide bonds. The van der Waals surface area contributed by atoms with E-state index in [9.17, 15) is 10.1 Å². The summed E-state index contributed by atoms with van der Waals surface area (Å²) >= 11 is 0. The Morgan fingerprint density at radius 3 is 2.46 bits per heavy atom. The van der Waals surface area contributed by atoms with Crippen LogP contribution in [-0.4, -0.2) is 29.9 Å². The fraction of sp³-hybridized carbons (Fsp3) is 0.300. The van der Waals surface area contributed by atoms with Crippen molar-refractivity contribution < 1.29 is 4.79 Å². The second kappa shape index (κ2) is 7.76. The first kappa shape index (κ1) is 16.2. The number of nitrogens with one attached hydrogen (secondary N) is 1. The van der Waals surface area contributed by atoms with E-state index in [1.54, 1.807) is 0 Å². The minimum absolute atomic E-state index is 0.00359. The van der Waals surface area contributed by atoms with E-state index in [0.29, 0.717) is 5.56 Å². The third-order valence-corrected chi connectivity index (χ3v) is 4.49. The molecule has 1 N–H and O–H groups in total. The standard InChI is InChI=1S/C20H21N3O/c21-14-17-8-4-5-9-18(17)15-23-12-10-19(11-13-23)22-20(24)16-6-2-1-3-7-16/h1-9,19H,10-13,15H2,(H,22,24). The lowest BCUT2D eigenvalue weighted by molar-refractivity contribution is 0.0909. The molecule has 0 bridgehead atoms. The summed E-state index contributed by atoms with van der Waals surface area (Å²) in [4.78, 5) is 14.6. The quantitative estimate of drug-likeness (QED) is 0.942. The molecule has 4 heteroatoms. The maximum atomic E-state index is 12.2. The molecule has 24 heavy (non-hydrogen) atoms. The molecule has 1 fully saturated rings. The Morgan fingerprint density at radius 2 is 1.75 bits per heavy atom. The molecule has 1 aliphatic rings. The van der Waals surface area contributed by atoms with Gasteiger partial charge in [0, 0.05) is 31.2 Å². The molecular weight excluding hydrogens is 298 g/mol. The van der Waals surface area contributed by atoms with Crippen LogP contribution in [0.1, 0.15) is 34.3 Å². The summed E-state index contributed by atoms with van der Waals surface area (Å²) in [5, 5.41) is 12.3. The van der Waals surface area contributed by atoms with E-state index in [2.05, 4.69) is 16.3 Å². The average Bonchev–Trinajstić information content (AvgIpc) is 2.64. The van der Waals surface area contributed by atoms with Gasteiger partial charge in [0.15, 0.2) is 0 Å². The molecule has 0 aromatic heterocycles. The number of nitrogens with zero attached hydrogens (tertiary/aromatic N) is 2. The highest BCUT2D eigenvalue weighted by molar-refractivity contribution is 5.94. The Kier molecular flexibility index (Phi) is 5.25. The maximum absolute atomic E-state index is 12.2. The summed E-state index contributed by atoms with van der Waals surface area (Å²) in [5.41, 5.74) is 2.53. The predicted molar refractivity (Wildman–Crippen MR) is 93.4 cm³/mol. The van der Waals surface area contributed by atoms with E-state index >= 15 is 0 Å². The number of rotatable bonds is 4. The lowest BCUT2D eigenvalue weighted by Gasteiger charge is -2.32. The Morgan fingerprint density at radius 1 is 1.08 bits per heavy atom. The molecular formula is C20H21N3O. The first-order valence-corrected chi connectivity index (χ1v) is 8.32. The van der Waals surface area contributed by atoms with Crippen LogP contribution >= 0.6 is 0 Å². The third kappa shape index (κ3) is 4.01. The van der Waals surface area contributed by atoms with Gasteiger partial charge < -0.3 is 5.32 Å². The zero-order valence-corrected chi connectivity index (χ0v) is 13.6. The SMILES string of the molecule is N#Cc1ccccc1CN1CCC(NC(=O)c2ccccc2)CC1. The Bertz CT molecular complexity index is 728. The van der Waals surface area contributed by atoms with Crippen molar-refractivity contribution in [1.82, 2.24) is 10.2 Å². The third-order valence-electron chi connectivity index (χ3n) is 4.49. The van der Waals surface area contributed by atoms with Crippen LogP contribution < -0.4 is 5.32 Å². The van der Waals surface area contributed by atoms with Crippen molar-refractivity contribution in [2.24, 2.45) is 0 Å². The molecule has 0 atom stereocenters. The van der Waals surface area contributed by atoms with Gasteiger partial charge in [0.1, 0.15) is 0 Å². The van der Waals surface area contributed by atoms with Crippen LogP contribution in [0.3, 0.4) is 0 Å². The predicted octanol–water partition coefficient (Wildman–Crippen LogP) is 2.95. The van der Waals surface area contributed by atoms with Crippen LogP contribution in [0.5, 0.6) is 0 Å². The normalized spacial score (nSPS) is 15.6. The van der Waals surface area contributed by atoms with Crippen molar-refractivity contribution in [2.45, 2.75) is 25.4 Å². The second-order valence-electron chi connectivity index (χ2n) is 6.16. The van der Waals surface area contributed by atoms with Gasteiger partial charge in [0.2, 0.25) is 0 Å². The van der Waals surface area contributed by atoms with Crippen molar-refractivity contribution in [3.05, 3.63) is 71.3 Å². The lowest BCUT2D eigenvalue weighted by atomic mass is 10.0. The molecule has 1 saturated heterocycles. The molecule has 0 radical (unpaired) electrons. The Labute approximate surface area is 142 Å². The number of benzene rings is 2. The van der Waals surface area contributed by atoms with Crippen molar-refractivity contribution in [2.75, 3.05) is 13.1 Å². The fourth-order valence-electron chi connectivity index (χ4n) is 3.10. The fourth-order valence-corrected chi connectivity index (χ4v) is 3.10. The van der Waals surface area contributed by atoms with Crippen molar-refractivity contribution in [1.29, 1.82) is 5.26 Å². The van der Waals surface area contributed by atoms with Crippen LogP contribution in [0.2, 0.25) is 0 Å². The highest BCUT2D eigenvalue weighted by Gasteiger charge is 2.21. The van der Waals surface area contributed by atoms with Crippen LogP contribution in [0.25, 0.3) is 0 Å². The number of carbonyl (C=O) groups is 1. The number of piperidine rings is 1. The summed E-state index contributed by atoms with van der Waals surface area (Å²) in [7, 11) is 0. The Hall–Kier alpha value is -2.64. The van der Waals surface area contributed by atoms with Gasteiger partial charge in [-0.15, -0.1) is 0 Å². The van der Waals surface area contributed by atoms with Gasteiger partial charge in [-0.2, -0.15) is 5.26 Å². The van der Waals surface area contributed by atoms with E-state index in [1.807, 2.05) is 54.6 Å². The van der Waals surface area contributed by atoms with Gasteiger partial charge in [-0.05, 0) is 36.6 Å². The van der Waals surface area contributed by atoms with Gasteiger partial charge in [-0.25, -0.2) is 0 Å². The van der Waals surface area contributed by atoms with Crippen molar-refractivity contribution >= 4 is 5.91 Å². The highest BCUT2D eigenvalue weighted by atomic mass is 16.1. The number of nitriles is 1. The number of amides is 1. The number of likely N-dealkylation sites (tertiary alicyclic amines) is 1. The highest BCUT2D eigenvalue weighted by Crippen LogP contribution is 2.16. The number of carbonyl (C=O) groups excluding carboxylic acids is 1. The smallest absolute Gasteiger partial charge is 0.251 e. The van der Waals surface area contributed by atoms with Gasteiger partial charge in [0.05, 0.1) is 11.6 Å². The molecule has 4 nitrogen and oxygen atoms in total. The summed E-state index contributed by atoms with van der Waals surface area (Å²) in [5.74, 6) is 0.00359. The van der Waals surface area contributed by atoms with Gasteiger partial charge in [0.25, 0.3) is 5.91 Å². The van der Waals surface area contributed by atoms with Crippen LogP contribution in [0.4, 0.5) is 0 Å². The monoisotopic (exact) mass is 319 g/mol. The molecule has 0 aliphatic carbocycles. The second-order valence-corrected chi connectivity index (χ2v) is 6.16. The summed E-state index contributed by atoms with van der Waals surface area (Å²) in [6, 6.07) is 19.6. The molecule has 1 heterocycles. The topological polar surface area (TPSA) is 56.1 Å². The molecule has 1 aliphatic heterocycles. The zero-order chi connectivity index (χ0) is 16.8. The largest absolute Gasteiger partial charge is 0.349 e. The minimum Gasteiger partial charge on any atom is -0.349 e. The summed E-state index contributed by atoms with van der Waals surface area (Å²) < 4.78 is 0. The van der Waals surface area contributed by atoms with Crippen LogP contribution in [-0.2, 0) is 6.54 Å². The zero-order valence-electron chi connectivity index (χ0n) is 13.6. The number of hydrogen-bond donors (Lipinski definition) is 1. The van der Waals surface area contributed by atoms with E-state index in [1.165, 1.54) is 0 Å². The average molecular weight is 319 g/mol. The molecule has 0 saturated carbocycles. The van der Waals surface area contributed by atoms with Crippen molar-refractivity contribution in [3.63, 3.8) is 0 Å². The Balaban J connectivity index is 1.51. The van der Waals surface area contributed by atoms with Crippen LogP contribution in [0.15, 0.2) is 54.6 Å². The first-order chi connectivity index (χ1) is 11.8. The van der Waals surface area contributed by atoms with Gasteiger partial charge in [-0.3, -0.25) is 9.69 Å². The first-order valence-electron chi connectivity index (χ1n) is 8.32. The minimum atomic E-state index is 0.00359. The van der Waals surface area contributed by atoms with Crippen LogP contribution in [0, 0.1) is 11.3 Å². The van der Waals surface area contributed by atoms with E-state index in [0.717, 1.165) is 43.6 Å². The molecule has 0 spiro atoms. The van der Waals surface area contributed by atoms with E-state index in [-0.39, 0.29) is 11.9 Å². The van der Waals surface area contributed by atoms with E-state index < -0.39 is 0 Å². The number of hydrogen-bond acceptors (Lipinski definition) is 3. The van der Waals surface area contributed by atoms with E-state index in [4.69, 9.17) is 0 Å². The lowest BCUT2D eigenvalue weighted by Crippen LogP contribution is -2.44. The van der Waals surface area contributed by atoms with Crippen molar-refractivity contribution in [3.8, 4) is 6.07 Å².